The Kier molecular flexibility index (Phi) is 8.40. The quantitative estimate of drug-likeness (QED) is 0.328. The largest absolute Gasteiger partial charge is 0.462 e. The van der Waals surface area contributed by atoms with E-state index < -0.39 is 16.7 Å². The highest BCUT2D eigenvalue weighted by Gasteiger charge is 2.25. The summed E-state index contributed by atoms with van der Waals surface area (Å²) in [7, 11) is 0. The molecule has 8 nitrogen and oxygen atoms in total. The summed E-state index contributed by atoms with van der Waals surface area (Å²) in [5.74, 6) is -1.72. The minimum absolute atomic E-state index is 0.0185. The number of likely N-dealkylation sites (tertiary alicyclic amines) is 1. The van der Waals surface area contributed by atoms with Gasteiger partial charge in [-0.3, -0.25) is 19.8 Å². The van der Waals surface area contributed by atoms with Crippen LogP contribution < -0.4 is 5.32 Å². The van der Waals surface area contributed by atoms with Gasteiger partial charge in [-0.05, 0) is 63.2 Å². The maximum atomic E-state index is 13.7. The first kappa shape index (κ1) is 24.7. The van der Waals surface area contributed by atoms with Crippen LogP contribution in [0.5, 0.6) is 0 Å². The molecule has 1 aliphatic heterocycles. The summed E-state index contributed by atoms with van der Waals surface area (Å²) >= 11 is 0.942. The van der Waals surface area contributed by atoms with Crippen LogP contribution in [-0.2, 0) is 4.74 Å². The van der Waals surface area contributed by atoms with Crippen LogP contribution in [0.15, 0.2) is 46.2 Å². The van der Waals surface area contributed by atoms with Crippen LogP contribution >= 0.6 is 11.8 Å². The molecule has 1 unspecified atom stereocenters. The van der Waals surface area contributed by atoms with E-state index in [0.29, 0.717) is 11.4 Å². The molecule has 1 atom stereocenters. The molecule has 0 aliphatic carbocycles. The lowest BCUT2D eigenvalue weighted by molar-refractivity contribution is -0.387. The second-order valence-electron chi connectivity index (χ2n) is 7.54. The molecule has 0 bridgehead atoms. The number of carbonyl (C=O) groups excluding carboxylic acids is 2. The van der Waals surface area contributed by atoms with E-state index >= 15 is 0 Å². The van der Waals surface area contributed by atoms with Crippen molar-refractivity contribution in [2.45, 2.75) is 42.5 Å². The van der Waals surface area contributed by atoms with Gasteiger partial charge in [-0.1, -0.05) is 18.7 Å². The minimum atomic E-state index is -0.716. The van der Waals surface area contributed by atoms with Gasteiger partial charge in [-0.2, -0.15) is 0 Å². The summed E-state index contributed by atoms with van der Waals surface area (Å²) in [5, 5.41) is 14.6. The number of rotatable bonds is 9. The molecule has 2 aromatic rings. The van der Waals surface area contributed by atoms with E-state index in [0.717, 1.165) is 43.8 Å². The Balaban J connectivity index is 1.80. The number of hydrogen-bond acceptors (Lipinski definition) is 7. The number of nitrogens with zero attached hydrogens (tertiary/aromatic N) is 2. The fourth-order valence-corrected chi connectivity index (χ4v) is 4.82. The zero-order valence-corrected chi connectivity index (χ0v) is 19.3. The van der Waals surface area contributed by atoms with Crippen LogP contribution in [0.3, 0.4) is 0 Å². The van der Waals surface area contributed by atoms with Crippen molar-refractivity contribution in [1.29, 1.82) is 0 Å². The first-order chi connectivity index (χ1) is 15.8. The van der Waals surface area contributed by atoms with Crippen molar-refractivity contribution in [2.24, 2.45) is 0 Å². The molecule has 33 heavy (non-hydrogen) atoms. The van der Waals surface area contributed by atoms with Gasteiger partial charge in [0.15, 0.2) is 0 Å². The lowest BCUT2D eigenvalue weighted by Crippen LogP contribution is -2.40. The summed E-state index contributed by atoms with van der Waals surface area (Å²) in [6.07, 6.45) is 2.09. The number of ether oxygens (including phenoxy) is 1. The summed E-state index contributed by atoms with van der Waals surface area (Å²) in [4.78, 5) is 38.8. The molecule has 0 spiro atoms. The fourth-order valence-electron chi connectivity index (χ4n) is 3.82. The summed E-state index contributed by atoms with van der Waals surface area (Å²) in [6.45, 7) is 6.22. The van der Waals surface area contributed by atoms with Crippen LogP contribution in [0.4, 0.5) is 10.1 Å². The molecule has 2 aromatic carbocycles. The van der Waals surface area contributed by atoms with Crippen LogP contribution in [0.2, 0.25) is 0 Å². The van der Waals surface area contributed by atoms with Crippen LogP contribution in [0, 0.1) is 15.9 Å². The number of esters is 1. The van der Waals surface area contributed by atoms with Crippen molar-refractivity contribution in [3.05, 3.63) is 63.5 Å². The van der Waals surface area contributed by atoms with Crippen LogP contribution in [0.1, 0.15) is 47.4 Å². The van der Waals surface area contributed by atoms with Crippen molar-refractivity contribution < 1.29 is 23.6 Å². The fraction of sp³-hybridized carbons (Fsp3) is 0.391. The smallest absolute Gasteiger partial charge is 0.339 e. The summed E-state index contributed by atoms with van der Waals surface area (Å²) in [6, 6.07) is 8.03. The molecule has 3 rings (SSSR count). The highest BCUT2D eigenvalue weighted by molar-refractivity contribution is 7.99. The Morgan fingerprint density at radius 1 is 1.24 bits per heavy atom. The van der Waals surface area contributed by atoms with Crippen molar-refractivity contribution in [1.82, 2.24) is 10.2 Å². The lowest BCUT2D eigenvalue weighted by Gasteiger charge is -2.22. The van der Waals surface area contributed by atoms with E-state index in [1.807, 2.05) is 0 Å². The molecule has 1 saturated heterocycles. The highest BCUT2D eigenvalue weighted by atomic mass is 32.2. The molecule has 1 heterocycles. The van der Waals surface area contributed by atoms with Gasteiger partial charge in [-0.15, -0.1) is 0 Å². The zero-order chi connectivity index (χ0) is 24.0. The van der Waals surface area contributed by atoms with E-state index in [-0.39, 0.29) is 40.3 Å². The minimum Gasteiger partial charge on any atom is -0.462 e. The predicted octanol–water partition coefficient (Wildman–Crippen LogP) is 4.28. The molecule has 1 fully saturated rings. The number of nitro benzene ring substituents is 1. The average molecular weight is 476 g/mol. The third-order valence-electron chi connectivity index (χ3n) is 5.48. The van der Waals surface area contributed by atoms with E-state index in [1.54, 1.807) is 6.92 Å². The lowest BCUT2D eigenvalue weighted by atomic mass is 10.1. The van der Waals surface area contributed by atoms with Gasteiger partial charge in [-0.25, -0.2) is 9.18 Å². The van der Waals surface area contributed by atoms with Gasteiger partial charge < -0.3 is 10.1 Å². The number of amides is 1. The van der Waals surface area contributed by atoms with Gasteiger partial charge >= 0.3 is 5.97 Å². The molecular weight excluding hydrogens is 449 g/mol. The summed E-state index contributed by atoms with van der Waals surface area (Å²) < 4.78 is 18.7. The number of carbonyl (C=O) groups is 2. The van der Waals surface area contributed by atoms with Crippen LogP contribution in [-0.4, -0.2) is 54.0 Å². The molecule has 0 saturated carbocycles. The summed E-state index contributed by atoms with van der Waals surface area (Å²) in [5.41, 5.74) is -0.116. The zero-order valence-electron chi connectivity index (χ0n) is 18.5. The Labute approximate surface area is 195 Å². The normalized spacial score (nSPS) is 15.9. The number of likely N-dealkylation sites (N-methyl/N-ethyl adjacent to an activating group) is 1. The molecular formula is C23H26FN3O5S. The van der Waals surface area contributed by atoms with E-state index in [4.69, 9.17) is 4.74 Å². The third-order valence-corrected chi connectivity index (χ3v) is 6.62. The number of halogens is 1. The Bertz CT molecular complexity index is 1050. The molecule has 176 valence electrons. The van der Waals surface area contributed by atoms with E-state index in [9.17, 15) is 24.1 Å². The van der Waals surface area contributed by atoms with Crippen molar-refractivity contribution in [3.8, 4) is 0 Å². The first-order valence-electron chi connectivity index (χ1n) is 10.8. The number of nitro groups is 1. The monoisotopic (exact) mass is 475 g/mol. The molecule has 1 N–H and O–H groups in total. The van der Waals surface area contributed by atoms with Crippen molar-refractivity contribution >= 4 is 29.3 Å². The van der Waals surface area contributed by atoms with Gasteiger partial charge in [0, 0.05) is 29.1 Å². The Hall–Kier alpha value is -2.98. The standard InChI is InChI=1S/C23H26FN3O5S/c1-3-26-11-5-6-17(26)14-25-22(28)15-7-9-21(19(12-15)27(30)31)33-20-10-8-16(24)13-18(20)23(29)32-4-2/h7-10,12-13,17H,3-6,11,14H2,1-2H3,(H,25,28). The average Bonchev–Trinajstić information content (AvgIpc) is 3.26. The SMILES string of the molecule is CCOC(=O)c1cc(F)ccc1Sc1ccc(C(=O)NCC2CCCN2CC)cc1[N+](=O)[O-]. The van der Waals surface area contributed by atoms with Crippen molar-refractivity contribution in [3.63, 3.8) is 0 Å². The molecule has 0 radical (unpaired) electrons. The number of hydrogen-bond donors (Lipinski definition) is 1. The number of benzene rings is 2. The molecule has 1 aliphatic rings. The first-order valence-corrected chi connectivity index (χ1v) is 11.6. The molecule has 1 amide bonds. The second kappa shape index (κ2) is 11.2. The molecule has 10 heteroatoms. The maximum Gasteiger partial charge on any atom is 0.339 e. The van der Waals surface area contributed by atoms with Gasteiger partial charge in [0.25, 0.3) is 11.6 Å². The second-order valence-corrected chi connectivity index (χ2v) is 8.62. The topological polar surface area (TPSA) is 102 Å². The van der Waals surface area contributed by atoms with Crippen LogP contribution in [0.25, 0.3) is 0 Å². The van der Waals surface area contributed by atoms with Gasteiger partial charge in [0.2, 0.25) is 0 Å². The van der Waals surface area contributed by atoms with Crippen molar-refractivity contribution in [2.75, 3.05) is 26.2 Å². The molecule has 0 aromatic heterocycles. The van der Waals surface area contributed by atoms with E-state index in [2.05, 4.69) is 17.1 Å². The number of nitrogens with one attached hydrogen (secondary N) is 1. The van der Waals surface area contributed by atoms with Gasteiger partial charge in [0.1, 0.15) is 5.82 Å². The maximum absolute atomic E-state index is 13.7. The predicted molar refractivity (Wildman–Crippen MR) is 122 cm³/mol. The Morgan fingerprint density at radius 2 is 2.00 bits per heavy atom. The Morgan fingerprint density at radius 3 is 2.70 bits per heavy atom. The van der Waals surface area contributed by atoms with E-state index in [1.165, 1.54) is 30.3 Å². The highest BCUT2D eigenvalue weighted by Crippen LogP contribution is 2.37. The van der Waals surface area contributed by atoms with Gasteiger partial charge in [0.05, 0.1) is 22.0 Å². The third kappa shape index (κ3) is 6.08.